The Kier molecular flexibility index (Phi) is 5.18. The molecule has 1 atom stereocenters. The molecule has 0 saturated carbocycles. The molecule has 0 aliphatic carbocycles. The van der Waals surface area contributed by atoms with E-state index in [1.54, 1.807) is 16.2 Å². The summed E-state index contributed by atoms with van der Waals surface area (Å²) < 4.78 is 6.68. The first-order valence-electron chi connectivity index (χ1n) is 8.86. The fourth-order valence-corrected chi connectivity index (χ4v) is 4.19. The van der Waals surface area contributed by atoms with Crippen molar-refractivity contribution in [2.45, 2.75) is 39.2 Å². The molecule has 1 aliphatic heterocycles. The van der Waals surface area contributed by atoms with Gasteiger partial charge in [0.25, 0.3) is 0 Å². The third-order valence-electron chi connectivity index (χ3n) is 4.31. The van der Waals surface area contributed by atoms with Gasteiger partial charge in [-0.15, -0.1) is 0 Å². The number of benzene rings is 1. The van der Waals surface area contributed by atoms with Gasteiger partial charge in [0.15, 0.2) is 5.13 Å². The van der Waals surface area contributed by atoms with Crippen LogP contribution in [0.15, 0.2) is 24.3 Å². The van der Waals surface area contributed by atoms with Gasteiger partial charge < -0.3 is 14.5 Å². The second kappa shape index (κ2) is 7.20. The zero-order valence-electron chi connectivity index (χ0n) is 15.5. The molecule has 5 nitrogen and oxygen atoms in total. The summed E-state index contributed by atoms with van der Waals surface area (Å²) >= 11 is 1.75. The molecule has 0 spiro atoms. The van der Waals surface area contributed by atoms with Gasteiger partial charge in [0.05, 0.1) is 10.2 Å². The molecule has 1 saturated heterocycles. The van der Waals surface area contributed by atoms with Gasteiger partial charge in [0, 0.05) is 26.7 Å². The molecule has 6 heteroatoms. The van der Waals surface area contributed by atoms with Crippen LogP contribution in [-0.4, -0.2) is 48.3 Å². The van der Waals surface area contributed by atoms with Crippen molar-refractivity contribution in [3.05, 3.63) is 24.3 Å². The molecular formula is C19H27N3O2S. The highest BCUT2D eigenvalue weighted by molar-refractivity contribution is 7.22. The zero-order valence-corrected chi connectivity index (χ0v) is 16.3. The summed E-state index contributed by atoms with van der Waals surface area (Å²) in [5.74, 6) is 0.443. The number of rotatable bonds is 3. The first-order valence-corrected chi connectivity index (χ1v) is 9.68. The molecule has 25 heavy (non-hydrogen) atoms. The van der Waals surface area contributed by atoms with Gasteiger partial charge in [-0.3, -0.25) is 0 Å². The van der Waals surface area contributed by atoms with Crippen molar-refractivity contribution in [2.75, 3.05) is 31.6 Å². The number of nitrogens with zero attached hydrogens (tertiary/aromatic N) is 3. The topological polar surface area (TPSA) is 45.7 Å². The van der Waals surface area contributed by atoms with Crippen molar-refractivity contribution < 1.29 is 9.53 Å². The van der Waals surface area contributed by atoms with Crippen LogP contribution in [0.4, 0.5) is 9.93 Å². The molecule has 0 N–H and O–H groups in total. The second-order valence-corrected chi connectivity index (χ2v) is 8.79. The van der Waals surface area contributed by atoms with Gasteiger partial charge in [-0.2, -0.15) is 0 Å². The van der Waals surface area contributed by atoms with Crippen molar-refractivity contribution in [1.29, 1.82) is 0 Å². The summed E-state index contributed by atoms with van der Waals surface area (Å²) in [7, 11) is 1.82. The third kappa shape index (κ3) is 4.63. The number of ether oxygens (including phenoxy) is 1. The van der Waals surface area contributed by atoms with Crippen LogP contribution < -0.4 is 4.90 Å². The molecule has 1 aromatic carbocycles. The number of piperidine rings is 1. The van der Waals surface area contributed by atoms with E-state index in [9.17, 15) is 4.79 Å². The van der Waals surface area contributed by atoms with Gasteiger partial charge in [0.1, 0.15) is 5.60 Å². The van der Waals surface area contributed by atoms with E-state index in [1.807, 2.05) is 33.9 Å². The number of hydrogen-bond donors (Lipinski definition) is 0. The normalized spacial score (nSPS) is 18.4. The Hall–Kier alpha value is -1.82. The van der Waals surface area contributed by atoms with Crippen LogP contribution in [0.1, 0.15) is 33.6 Å². The monoisotopic (exact) mass is 361 g/mol. The molecule has 1 amide bonds. The minimum absolute atomic E-state index is 0.246. The van der Waals surface area contributed by atoms with E-state index in [4.69, 9.17) is 9.72 Å². The Bertz CT molecular complexity index is 705. The lowest BCUT2D eigenvalue weighted by atomic mass is 9.98. The number of para-hydroxylation sites is 1. The Labute approximate surface area is 153 Å². The SMILES string of the molecule is CN(CC1CCCN(c2nc3ccccc3s2)C1)C(=O)OC(C)(C)C. The fraction of sp³-hybridized carbons (Fsp3) is 0.579. The summed E-state index contributed by atoms with van der Waals surface area (Å²) in [5.41, 5.74) is 0.612. The average molecular weight is 362 g/mol. The molecular weight excluding hydrogens is 334 g/mol. The molecule has 0 radical (unpaired) electrons. The largest absolute Gasteiger partial charge is 0.444 e. The van der Waals surface area contributed by atoms with E-state index in [2.05, 4.69) is 23.1 Å². The number of thiazole rings is 1. The predicted molar refractivity (Wildman–Crippen MR) is 103 cm³/mol. The smallest absolute Gasteiger partial charge is 0.410 e. The number of carbonyl (C=O) groups excluding carboxylic acids is 1. The van der Waals surface area contributed by atoms with Gasteiger partial charge in [0.2, 0.25) is 0 Å². The quantitative estimate of drug-likeness (QED) is 0.814. The predicted octanol–water partition coefficient (Wildman–Crippen LogP) is 4.38. The third-order valence-corrected chi connectivity index (χ3v) is 5.41. The summed E-state index contributed by atoms with van der Waals surface area (Å²) in [6.45, 7) is 8.38. The molecule has 1 aromatic heterocycles. The maximum Gasteiger partial charge on any atom is 0.410 e. The summed E-state index contributed by atoms with van der Waals surface area (Å²) in [6, 6.07) is 8.26. The van der Waals surface area contributed by atoms with Crippen molar-refractivity contribution in [1.82, 2.24) is 9.88 Å². The molecule has 3 rings (SSSR count). The van der Waals surface area contributed by atoms with Gasteiger partial charge >= 0.3 is 6.09 Å². The molecule has 2 heterocycles. The van der Waals surface area contributed by atoms with Crippen molar-refractivity contribution in [3.8, 4) is 0 Å². The van der Waals surface area contributed by atoms with Gasteiger partial charge in [-0.25, -0.2) is 9.78 Å². The van der Waals surface area contributed by atoms with Crippen LogP contribution in [0.5, 0.6) is 0 Å². The number of amides is 1. The van der Waals surface area contributed by atoms with E-state index in [1.165, 1.54) is 4.70 Å². The van der Waals surface area contributed by atoms with Gasteiger partial charge in [-0.1, -0.05) is 23.5 Å². The van der Waals surface area contributed by atoms with Crippen molar-refractivity contribution >= 4 is 32.8 Å². The Morgan fingerprint density at radius 3 is 2.88 bits per heavy atom. The highest BCUT2D eigenvalue weighted by Crippen LogP contribution is 2.31. The molecule has 1 unspecified atom stereocenters. The zero-order chi connectivity index (χ0) is 18.0. The van der Waals surface area contributed by atoms with Crippen molar-refractivity contribution in [2.24, 2.45) is 5.92 Å². The lowest BCUT2D eigenvalue weighted by Crippen LogP contribution is -2.43. The first kappa shape index (κ1) is 18.0. The summed E-state index contributed by atoms with van der Waals surface area (Å²) in [4.78, 5) is 21.0. The van der Waals surface area contributed by atoms with Crippen LogP contribution in [0.25, 0.3) is 10.2 Å². The van der Waals surface area contributed by atoms with E-state index in [-0.39, 0.29) is 6.09 Å². The lowest BCUT2D eigenvalue weighted by molar-refractivity contribution is 0.0269. The number of hydrogen-bond acceptors (Lipinski definition) is 5. The second-order valence-electron chi connectivity index (χ2n) is 7.78. The number of fused-ring (bicyclic) bond motifs is 1. The fourth-order valence-electron chi connectivity index (χ4n) is 3.18. The molecule has 1 fully saturated rings. The molecule has 0 bridgehead atoms. The Morgan fingerprint density at radius 1 is 1.40 bits per heavy atom. The van der Waals surface area contributed by atoms with Crippen LogP contribution >= 0.6 is 11.3 Å². The maximum absolute atomic E-state index is 12.2. The average Bonchev–Trinajstić information content (AvgIpc) is 2.97. The van der Waals surface area contributed by atoms with E-state index in [0.29, 0.717) is 5.92 Å². The molecule has 2 aromatic rings. The number of anilines is 1. The summed E-state index contributed by atoms with van der Waals surface area (Å²) in [6.07, 6.45) is 2.02. The van der Waals surface area contributed by atoms with Crippen LogP contribution in [0.2, 0.25) is 0 Å². The minimum Gasteiger partial charge on any atom is -0.444 e. The van der Waals surface area contributed by atoms with E-state index >= 15 is 0 Å². The minimum atomic E-state index is -0.453. The molecule has 1 aliphatic rings. The number of aromatic nitrogens is 1. The Balaban J connectivity index is 1.62. The van der Waals surface area contributed by atoms with E-state index in [0.717, 1.165) is 43.1 Å². The van der Waals surface area contributed by atoms with Crippen LogP contribution in [0.3, 0.4) is 0 Å². The van der Waals surface area contributed by atoms with Gasteiger partial charge in [-0.05, 0) is 51.7 Å². The molecule has 136 valence electrons. The van der Waals surface area contributed by atoms with Crippen LogP contribution in [0, 0.1) is 5.92 Å². The first-order chi connectivity index (χ1) is 11.8. The highest BCUT2D eigenvalue weighted by Gasteiger charge is 2.26. The maximum atomic E-state index is 12.2. The highest BCUT2D eigenvalue weighted by atomic mass is 32.1. The van der Waals surface area contributed by atoms with E-state index < -0.39 is 5.60 Å². The lowest BCUT2D eigenvalue weighted by Gasteiger charge is -2.35. The Morgan fingerprint density at radius 2 is 2.16 bits per heavy atom. The number of carbonyl (C=O) groups is 1. The van der Waals surface area contributed by atoms with Crippen LogP contribution in [-0.2, 0) is 4.74 Å². The summed E-state index contributed by atoms with van der Waals surface area (Å²) in [5, 5.41) is 1.09. The standard InChI is InChI=1S/C19H27N3O2S/c1-19(2,3)24-18(23)21(4)12-14-8-7-11-22(13-14)17-20-15-9-5-6-10-16(15)25-17/h5-6,9-10,14H,7-8,11-13H2,1-4H3. The van der Waals surface area contributed by atoms with Crippen molar-refractivity contribution in [3.63, 3.8) is 0 Å².